The van der Waals surface area contributed by atoms with Gasteiger partial charge in [0.1, 0.15) is 5.60 Å². The third kappa shape index (κ3) is 1.18. The summed E-state index contributed by atoms with van der Waals surface area (Å²) in [6.07, 6.45) is 5.88. The summed E-state index contributed by atoms with van der Waals surface area (Å²) in [5.74, 6) is 1.65. The number of ether oxygens (including phenoxy) is 1. The first kappa shape index (κ1) is 8.72. The summed E-state index contributed by atoms with van der Waals surface area (Å²) in [7, 11) is 0. The van der Waals surface area contributed by atoms with Crippen molar-refractivity contribution in [2.75, 3.05) is 13.2 Å². The van der Waals surface area contributed by atoms with Crippen LogP contribution in [0.2, 0.25) is 0 Å². The number of hydrogen-bond donors (Lipinski definition) is 1. The van der Waals surface area contributed by atoms with Crippen molar-refractivity contribution in [1.29, 1.82) is 0 Å². The van der Waals surface area contributed by atoms with E-state index in [0.29, 0.717) is 13.2 Å². The van der Waals surface area contributed by atoms with Gasteiger partial charge < -0.3 is 10.1 Å². The Morgan fingerprint density at radius 3 is 2.64 bits per heavy atom. The Bertz CT molecular complexity index is 252. The van der Waals surface area contributed by atoms with Crippen molar-refractivity contribution in [3.05, 3.63) is 0 Å². The molecule has 0 radical (unpaired) electrons. The van der Waals surface area contributed by atoms with Crippen LogP contribution in [-0.2, 0) is 9.53 Å². The minimum atomic E-state index is -0.428. The predicted octanol–water partition coefficient (Wildman–Crippen LogP) is 1.08. The van der Waals surface area contributed by atoms with E-state index in [1.165, 1.54) is 19.3 Å². The van der Waals surface area contributed by atoms with Crippen LogP contribution in [0, 0.1) is 11.8 Å². The van der Waals surface area contributed by atoms with E-state index < -0.39 is 5.60 Å². The number of carbonyl (C=O) groups excluding carboxylic acids is 1. The van der Waals surface area contributed by atoms with Gasteiger partial charge in [-0.3, -0.25) is 4.79 Å². The molecule has 1 saturated heterocycles. The molecule has 2 aliphatic carbocycles. The predicted molar refractivity (Wildman–Crippen MR) is 51.8 cm³/mol. The standard InChI is InChI=1S/C11H17NO2/c13-10-11(14-4-3-12-10)6-8-1-2-9(5-8)7-11/h8-9H,1-7H2,(H,12,13). The monoisotopic (exact) mass is 195 g/mol. The fourth-order valence-corrected chi connectivity index (χ4v) is 3.51. The molecule has 1 N–H and O–H groups in total. The minimum Gasteiger partial charge on any atom is -0.363 e. The third-order valence-corrected chi connectivity index (χ3v) is 4.07. The molecule has 1 amide bonds. The van der Waals surface area contributed by atoms with Gasteiger partial charge in [-0.1, -0.05) is 12.8 Å². The van der Waals surface area contributed by atoms with Gasteiger partial charge in [0.25, 0.3) is 5.91 Å². The van der Waals surface area contributed by atoms with E-state index in [4.69, 9.17) is 4.74 Å². The maximum Gasteiger partial charge on any atom is 0.252 e. The summed E-state index contributed by atoms with van der Waals surface area (Å²) in [4.78, 5) is 11.9. The number of morpholine rings is 1. The molecule has 0 aromatic carbocycles. The lowest BCUT2D eigenvalue weighted by Crippen LogP contribution is -2.57. The summed E-state index contributed by atoms with van der Waals surface area (Å²) in [6, 6.07) is 0. The van der Waals surface area contributed by atoms with Crippen LogP contribution in [-0.4, -0.2) is 24.7 Å². The first-order valence-corrected chi connectivity index (χ1v) is 5.71. The van der Waals surface area contributed by atoms with Gasteiger partial charge >= 0.3 is 0 Å². The maximum atomic E-state index is 11.9. The SMILES string of the molecule is O=C1NCCOC12CC1CCC(C1)C2. The minimum absolute atomic E-state index is 0.153. The molecule has 3 rings (SSSR count). The van der Waals surface area contributed by atoms with Crippen LogP contribution >= 0.6 is 0 Å². The molecule has 3 aliphatic rings. The quantitative estimate of drug-likeness (QED) is 0.628. The molecule has 2 bridgehead atoms. The van der Waals surface area contributed by atoms with Crippen molar-refractivity contribution >= 4 is 5.91 Å². The normalized spacial score (nSPS) is 46.7. The maximum absolute atomic E-state index is 11.9. The summed E-state index contributed by atoms with van der Waals surface area (Å²) in [5.41, 5.74) is -0.428. The molecule has 0 aromatic heterocycles. The Hall–Kier alpha value is -0.570. The average Bonchev–Trinajstić information content (AvgIpc) is 2.52. The van der Waals surface area contributed by atoms with Crippen molar-refractivity contribution in [1.82, 2.24) is 5.32 Å². The second-order valence-electron chi connectivity index (χ2n) is 5.05. The van der Waals surface area contributed by atoms with Crippen LogP contribution in [0.4, 0.5) is 0 Å². The number of hydrogen-bond acceptors (Lipinski definition) is 2. The van der Waals surface area contributed by atoms with Crippen LogP contribution < -0.4 is 5.32 Å². The van der Waals surface area contributed by atoms with Crippen LogP contribution in [0.1, 0.15) is 32.1 Å². The van der Waals surface area contributed by atoms with E-state index in [2.05, 4.69) is 5.32 Å². The van der Waals surface area contributed by atoms with Crippen LogP contribution in [0.15, 0.2) is 0 Å². The van der Waals surface area contributed by atoms with Gasteiger partial charge in [-0.05, 0) is 31.1 Å². The molecule has 2 unspecified atom stereocenters. The summed E-state index contributed by atoms with van der Waals surface area (Å²) in [5, 5.41) is 2.95. The first-order chi connectivity index (χ1) is 6.78. The lowest BCUT2D eigenvalue weighted by Gasteiger charge is -2.41. The second-order valence-corrected chi connectivity index (χ2v) is 5.05. The molecule has 1 spiro atoms. The molecule has 2 atom stereocenters. The Labute approximate surface area is 84.2 Å². The summed E-state index contributed by atoms with van der Waals surface area (Å²) in [6.45, 7) is 1.39. The number of rotatable bonds is 0. The first-order valence-electron chi connectivity index (χ1n) is 5.71. The van der Waals surface area contributed by atoms with Crippen LogP contribution in [0.3, 0.4) is 0 Å². The molecule has 1 heterocycles. The smallest absolute Gasteiger partial charge is 0.252 e. The molecule has 78 valence electrons. The number of amides is 1. The molecular formula is C11H17NO2. The molecule has 3 nitrogen and oxygen atoms in total. The van der Waals surface area contributed by atoms with Gasteiger partial charge in [0.05, 0.1) is 6.61 Å². The lowest BCUT2D eigenvalue weighted by atomic mass is 9.76. The fourth-order valence-electron chi connectivity index (χ4n) is 3.51. The molecule has 1 aliphatic heterocycles. The van der Waals surface area contributed by atoms with E-state index >= 15 is 0 Å². The van der Waals surface area contributed by atoms with E-state index in [9.17, 15) is 4.79 Å². The zero-order valence-electron chi connectivity index (χ0n) is 8.42. The van der Waals surface area contributed by atoms with Gasteiger partial charge in [0.2, 0.25) is 0 Å². The number of carbonyl (C=O) groups is 1. The van der Waals surface area contributed by atoms with Gasteiger partial charge in [0.15, 0.2) is 0 Å². The number of nitrogens with one attached hydrogen (secondary N) is 1. The number of fused-ring (bicyclic) bond motifs is 2. The third-order valence-electron chi connectivity index (χ3n) is 4.07. The molecule has 3 heteroatoms. The van der Waals surface area contributed by atoms with Gasteiger partial charge in [-0.25, -0.2) is 0 Å². The Balaban J connectivity index is 1.85. The largest absolute Gasteiger partial charge is 0.363 e. The fraction of sp³-hybridized carbons (Fsp3) is 0.909. The highest BCUT2D eigenvalue weighted by Gasteiger charge is 2.50. The van der Waals surface area contributed by atoms with Crippen molar-refractivity contribution in [3.8, 4) is 0 Å². The van der Waals surface area contributed by atoms with Crippen LogP contribution in [0.5, 0.6) is 0 Å². The highest BCUT2D eigenvalue weighted by molar-refractivity contribution is 5.86. The lowest BCUT2D eigenvalue weighted by molar-refractivity contribution is -0.163. The highest BCUT2D eigenvalue weighted by Crippen LogP contribution is 2.48. The van der Waals surface area contributed by atoms with E-state index in [1.54, 1.807) is 0 Å². The van der Waals surface area contributed by atoms with Gasteiger partial charge in [0, 0.05) is 6.54 Å². The van der Waals surface area contributed by atoms with Crippen molar-refractivity contribution < 1.29 is 9.53 Å². The van der Waals surface area contributed by atoms with Crippen molar-refractivity contribution in [2.45, 2.75) is 37.7 Å². The van der Waals surface area contributed by atoms with Gasteiger partial charge in [-0.2, -0.15) is 0 Å². The average molecular weight is 195 g/mol. The molecule has 2 saturated carbocycles. The van der Waals surface area contributed by atoms with E-state index in [0.717, 1.165) is 24.7 Å². The van der Waals surface area contributed by atoms with E-state index in [1.807, 2.05) is 0 Å². The zero-order valence-corrected chi connectivity index (χ0v) is 8.42. The van der Waals surface area contributed by atoms with Gasteiger partial charge in [-0.15, -0.1) is 0 Å². The summed E-state index contributed by atoms with van der Waals surface area (Å²) >= 11 is 0. The second kappa shape index (κ2) is 2.96. The van der Waals surface area contributed by atoms with Crippen LogP contribution in [0.25, 0.3) is 0 Å². The topological polar surface area (TPSA) is 38.3 Å². The Kier molecular flexibility index (Phi) is 1.84. The Morgan fingerprint density at radius 1 is 1.29 bits per heavy atom. The Morgan fingerprint density at radius 2 is 2.00 bits per heavy atom. The molecular weight excluding hydrogens is 178 g/mol. The van der Waals surface area contributed by atoms with E-state index in [-0.39, 0.29) is 5.91 Å². The van der Waals surface area contributed by atoms with Crippen molar-refractivity contribution in [2.24, 2.45) is 11.8 Å². The van der Waals surface area contributed by atoms with Crippen molar-refractivity contribution in [3.63, 3.8) is 0 Å². The highest BCUT2D eigenvalue weighted by atomic mass is 16.5. The molecule has 3 fully saturated rings. The summed E-state index contributed by atoms with van der Waals surface area (Å²) < 4.78 is 5.79. The molecule has 14 heavy (non-hydrogen) atoms. The zero-order chi connectivity index (χ0) is 9.60. The molecule has 0 aromatic rings.